The van der Waals surface area contributed by atoms with Crippen molar-refractivity contribution < 1.29 is 28.7 Å². The maximum Gasteiger partial charge on any atom is 0.409 e. The van der Waals surface area contributed by atoms with E-state index >= 15 is 0 Å². The number of amides is 3. The van der Waals surface area contributed by atoms with Crippen LogP contribution < -0.4 is 10.2 Å². The van der Waals surface area contributed by atoms with Crippen molar-refractivity contribution in [1.29, 1.82) is 0 Å². The Morgan fingerprint density at radius 2 is 1.61 bits per heavy atom. The Morgan fingerprint density at radius 3 is 2.25 bits per heavy atom. The van der Waals surface area contributed by atoms with Crippen LogP contribution in [0.15, 0.2) is 36.4 Å². The summed E-state index contributed by atoms with van der Waals surface area (Å²) >= 11 is 0. The molecule has 2 aliphatic heterocycles. The number of hydrogen-bond acceptors (Lipinski definition) is 9. The molecule has 3 fully saturated rings. The zero-order valence-corrected chi connectivity index (χ0v) is 25.7. The van der Waals surface area contributed by atoms with Gasteiger partial charge in [-0.15, -0.1) is 0 Å². The zero-order chi connectivity index (χ0) is 31.2. The molecule has 44 heavy (non-hydrogen) atoms. The Balaban J connectivity index is 1.25. The summed E-state index contributed by atoms with van der Waals surface area (Å²) < 4.78 is 10.5. The van der Waals surface area contributed by atoms with E-state index in [1.165, 1.54) is 0 Å². The first-order chi connectivity index (χ1) is 21.3. The number of piperidine rings is 1. The summed E-state index contributed by atoms with van der Waals surface area (Å²) in [5, 5.41) is 2.89. The molecule has 1 aromatic carbocycles. The quantitative estimate of drug-likeness (QED) is 0.303. The van der Waals surface area contributed by atoms with Crippen molar-refractivity contribution in [2.45, 2.75) is 46.1 Å². The van der Waals surface area contributed by atoms with Crippen LogP contribution in [0.2, 0.25) is 0 Å². The lowest BCUT2D eigenvalue weighted by Crippen LogP contribution is -2.55. The molecule has 1 N–H and O–H groups in total. The summed E-state index contributed by atoms with van der Waals surface area (Å²) in [5.74, 6) is 0.578. The van der Waals surface area contributed by atoms with Gasteiger partial charge in [-0.1, -0.05) is 50.6 Å². The number of esters is 1. The van der Waals surface area contributed by atoms with Crippen molar-refractivity contribution >= 4 is 29.7 Å². The molecule has 3 heterocycles. The monoisotopic (exact) mass is 606 g/mol. The largest absolute Gasteiger partial charge is 0.466 e. The summed E-state index contributed by atoms with van der Waals surface area (Å²) in [6.07, 6.45) is 1.81. The SMILES string of the molecule is CCCCOC(=O)N1CCN(C(=O)[C@H](CC)NC(=O)c2cc(N3C[C@@H]4[C@H](C3)[C@@H]4C(=O)OCC)nc(-c3ccccc3)n2)CC1. The number of ether oxygens (including phenoxy) is 2. The molecular formula is C32H42N6O6. The predicted molar refractivity (Wildman–Crippen MR) is 163 cm³/mol. The summed E-state index contributed by atoms with van der Waals surface area (Å²) in [6.45, 7) is 9.25. The molecule has 0 bridgehead atoms. The van der Waals surface area contributed by atoms with E-state index in [0.29, 0.717) is 70.5 Å². The average molecular weight is 607 g/mol. The number of nitrogens with zero attached hydrogens (tertiary/aromatic N) is 5. The first-order valence-corrected chi connectivity index (χ1v) is 15.7. The lowest BCUT2D eigenvalue weighted by atomic mass is 10.1. The molecule has 0 unspecified atom stereocenters. The Kier molecular flexibility index (Phi) is 9.96. The molecule has 0 spiro atoms. The van der Waals surface area contributed by atoms with Gasteiger partial charge in [-0.3, -0.25) is 14.4 Å². The van der Waals surface area contributed by atoms with E-state index in [9.17, 15) is 19.2 Å². The first kappa shape index (κ1) is 31.2. The van der Waals surface area contributed by atoms with Gasteiger partial charge in [0, 0.05) is 50.9 Å². The molecule has 1 aromatic heterocycles. The highest BCUT2D eigenvalue weighted by Gasteiger charge is 2.60. The number of unbranched alkanes of at least 4 members (excludes halogenated alkanes) is 1. The van der Waals surface area contributed by atoms with Crippen LogP contribution in [0.1, 0.15) is 50.5 Å². The number of benzene rings is 1. The molecule has 2 saturated heterocycles. The van der Waals surface area contributed by atoms with E-state index in [-0.39, 0.29) is 41.4 Å². The molecule has 12 heteroatoms. The fraction of sp³-hybridized carbons (Fsp3) is 0.562. The van der Waals surface area contributed by atoms with Gasteiger partial charge in [0.25, 0.3) is 5.91 Å². The molecule has 4 atom stereocenters. The second-order valence-corrected chi connectivity index (χ2v) is 11.5. The number of aromatic nitrogens is 2. The third-order valence-electron chi connectivity index (χ3n) is 8.64. The highest BCUT2D eigenvalue weighted by Crippen LogP contribution is 2.53. The van der Waals surface area contributed by atoms with Gasteiger partial charge in [0.05, 0.1) is 19.1 Å². The number of anilines is 1. The van der Waals surface area contributed by atoms with Crippen LogP contribution in [-0.4, -0.2) is 102 Å². The number of carbonyl (C=O) groups is 4. The van der Waals surface area contributed by atoms with Crippen molar-refractivity contribution in [1.82, 2.24) is 25.1 Å². The fourth-order valence-corrected chi connectivity index (χ4v) is 6.03. The predicted octanol–water partition coefficient (Wildman–Crippen LogP) is 2.98. The third kappa shape index (κ3) is 6.95. The summed E-state index contributed by atoms with van der Waals surface area (Å²) in [4.78, 5) is 66.3. The minimum absolute atomic E-state index is 0.0747. The number of nitrogens with one attached hydrogen (secondary N) is 1. The highest BCUT2D eigenvalue weighted by molar-refractivity contribution is 5.97. The van der Waals surface area contributed by atoms with Crippen LogP contribution >= 0.6 is 0 Å². The minimum Gasteiger partial charge on any atom is -0.466 e. The maximum absolute atomic E-state index is 13.6. The van der Waals surface area contributed by atoms with Gasteiger partial charge in [0.1, 0.15) is 17.6 Å². The minimum atomic E-state index is -0.742. The lowest BCUT2D eigenvalue weighted by molar-refractivity contribution is -0.145. The average Bonchev–Trinajstić information content (AvgIpc) is 3.56. The van der Waals surface area contributed by atoms with Crippen LogP contribution in [0.5, 0.6) is 0 Å². The van der Waals surface area contributed by atoms with Crippen molar-refractivity contribution in [3.05, 3.63) is 42.1 Å². The van der Waals surface area contributed by atoms with Gasteiger partial charge in [-0.2, -0.15) is 0 Å². The second-order valence-electron chi connectivity index (χ2n) is 11.5. The summed E-state index contributed by atoms with van der Waals surface area (Å²) in [7, 11) is 0. The number of piperazine rings is 1. The second kappa shape index (κ2) is 14.0. The molecule has 0 radical (unpaired) electrons. The fourth-order valence-electron chi connectivity index (χ4n) is 6.03. The number of carbonyl (C=O) groups excluding carboxylic acids is 4. The molecule has 236 valence electrons. The third-order valence-corrected chi connectivity index (χ3v) is 8.64. The Bertz CT molecular complexity index is 1340. The van der Waals surface area contributed by atoms with Crippen molar-refractivity contribution in [2.24, 2.45) is 17.8 Å². The maximum atomic E-state index is 13.6. The Morgan fingerprint density at radius 1 is 0.932 bits per heavy atom. The van der Waals surface area contributed by atoms with Crippen LogP contribution in [0, 0.1) is 17.8 Å². The molecular weight excluding hydrogens is 564 g/mol. The molecule has 3 aliphatic rings. The Hall–Kier alpha value is -4.22. The van der Waals surface area contributed by atoms with Gasteiger partial charge < -0.3 is 29.5 Å². The zero-order valence-electron chi connectivity index (χ0n) is 25.7. The topological polar surface area (TPSA) is 134 Å². The standard InChI is InChI=1S/C32H42N6O6/c1-4-7-17-44-32(42)37-15-13-36(14-16-37)30(40)24(5-2)34-29(39)25-18-26(35-28(33-25)21-11-9-8-10-12-21)38-19-22-23(20-38)27(22)31(41)43-6-3/h8-12,18,22-24,27H,4-7,13-17,19-20H2,1-3H3,(H,34,39)/t22-,23+,24-,27-/m0/s1. The summed E-state index contributed by atoms with van der Waals surface area (Å²) in [5.41, 5.74) is 0.939. The van der Waals surface area contributed by atoms with Crippen molar-refractivity contribution in [2.75, 3.05) is 57.4 Å². The Labute approximate surface area is 258 Å². The van der Waals surface area contributed by atoms with Crippen molar-refractivity contribution in [3.8, 4) is 11.4 Å². The van der Waals surface area contributed by atoms with Crippen LogP contribution in [0.25, 0.3) is 11.4 Å². The summed E-state index contributed by atoms with van der Waals surface area (Å²) in [6, 6.07) is 10.4. The van der Waals surface area contributed by atoms with Gasteiger partial charge in [-0.25, -0.2) is 14.8 Å². The molecule has 3 amide bonds. The molecule has 1 saturated carbocycles. The number of rotatable bonds is 11. The lowest BCUT2D eigenvalue weighted by Gasteiger charge is -2.35. The number of fused-ring (bicyclic) bond motifs is 1. The smallest absolute Gasteiger partial charge is 0.409 e. The van der Waals surface area contributed by atoms with E-state index in [4.69, 9.17) is 14.5 Å². The van der Waals surface area contributed by atoms with E-state index in [2.05, 4.69) is 15.2 Å². The van der Waals surface area contributed by atoms with Gasteiger partial charge in [-0.05, 0) is 31.6 Å². The molecule has 2 aromatic rings. The normalized spacial score (nSPS) is 21.3. The van der Waals surface area contributed by atoms with E-state index in [0.717, 1.165) is 18.4 Å². The molecule has 5 rings (SSSR count). The molecule has 1 aliphatic carbocycles. The van der Waals surface area contributed by atoms with Gasteiger partial charge in [0.2, 0.25) is 5.91 Å². The van der Waals surface area contributed by atoms with Crippen molar-refractivity contribution in [3.63, 3.8) is 0 Å². The first-order valence-electron chi connectivity index (χ1n) is 15.7. The number of hydrogen-bond donors (Lipinski definition) is 1. The van der Waals surface area contributed by atoms with Gasteiger partial charge >= 0.3 is 12.1 Å². The van der Waals surface area contributed by atoms with Crippen LogP contribution in [0.4, 0.5) is 10.6 Å². The van der Waals surface area contributed by atoms with Crippen LogP contribution in [0.3, 0.4) is 0 Å². The highest BCUT2D eigenvalue weighted by atomic mass is 16.6. The van der Waals surface area contributed by atoms with Gasteiger partial charge in [0.15, 0.2) is 5.82 Å². The van der Waals surface area contributed by atoms with E-state index in [1.807, 2.05) is 51.1 Å². The van der Waals surface area contributed by atoms with E-state index in [1.54, 1.807) is 15.9 Å². The molecule has 12 nitrogen and oxygen atoms in total. The van der Waals surface area contributed by atoms with E-state index < -0.39 is 11.9 Å². The van der Waals surface area contributed by atoms with Crippen LogP contribution in [-0.2, 0) is 19.1 Å².